The summed E-state index contributed by atoms with van der Waals surface area (Å²) in [6, 6.07) is 9.96. The molecule has 1 heterocycles. The maximum atomic E-state index is 10.9. The molecule has 1 atom stereocenters. The van der Waals surface area contributed by atoms with Crippen LogP contribution in [-0.2, 0) is 20.9 Å². The van der Waals surface area contributed by atoms with Crippen molar-refractivity contribution in [2.45, 2.75) is 19.1 Å². The molecule has 0 amide bonds. The highest BCUT2D eigenvalue weighted by molar-refractivity contribution is 5.81. The number of Topliss-reactive ketones (excluding diaryl/α,β-unsaturated/α-hetero) is 1. The van der Waals surface area contributed by atoms with Gasteiger partial charge in [0.05, 0.1) is 19.3 Å². The van der Waals surface area contributed by atoms with Crippen molar-refractivity contribution >= 4 is 5.78 Å². The average molecular weight is 206 g/mol. The molecule has 3 nitrogen and oxygen atoms in total. The van der Waals surface area contributed by atoms with Crippen molar-refractivity contribution in [3.05, 3.63) is 35.9 Å². The van der Waals surface area contributed by atoms with Crippen LogP contribution >= 0.6 is 0 Å². The second-order valence-corrected chi connectivity index (χ2v) is 3.68. The third-order valence-corrected chi connectivity index (χ3v) is 2.35. The number of rotatable bonds is 4. The number of ether oxygens (including phenoxy) is 2. The van der Waals surface area contributed by atoms with Crippen LogP contribution < -0.4 is 0 Å². The Labute approximate surface area is 89.0 Å². The van der Waals surface area contributed by atoms with Crippen LogP contribution in [0, 0.1) is 0 Å². The highest BCUT2D eigenvalue weighted by atomic mass is 16.5. The fourth-order valence-electron chi connectivity index (χ4n) is 1.57. The molecule has 0 bridgehead atoms. The Balaban J connectivity index is 1.69. The monoisotopic (exact) mass is 206 g/mol. The van der Waals surface area contributed by atoms with Crippen molar-refractivity contribution in [1.29, 1.82) is 0 Å². The summed E-state index contributed by atoms with van der Waals surface area (Å²) >= 11 is 0. The molecule has 1 aromatic rings. The molecular weight excluding hydrogens is 192 g/mol. The van der Waals surface area contributed by atoms with E-state index in [2.05, 4.69) is 0 Å². The predicted molar refractivity (Wildman–Crippen MR) is 55.5 cm³/mol. The molecule has 0 aromatic heterocycles. The normalized spacial score (nSPS) is 20.8. The molecule has 0 unspecified atom stereocenters. The van der Waals surface area contributed by atoms with E-state index in [1.165, 1.54) is 0 Å². The molecule has 2 rings (SSSR count). The molecule has 15 heavy (non-hydrogen) atoms. The van der Waals surface area contributed by atoms with E-state index in [1.54, 1.807) is 0 Å². The van der Waals surface area contributed by atoms with E-state index in [1.807, 2.05) is 30.3 Å². The molecule has 1 aromatic carbocycles. The van der Waals surface area contributed by atoms with Crippen LogP contribution in [0.5, 0.6) is 0 Å². The number of ketones is 1. The van der Waals surface area contributed by atoms with Gasteiger partial charge in [0.25, 0.3) is 0 Å². The van der Waals surface area contributed by atoms with Gasteiger partial charge in [0.1, 0.15) is 6.61 Å². The fraction of sp³-hybridized carbons (Fsp3) is 0.417. The van der Waals surface area contributed by atoms with E-state index in [4.69, 9.17) is 9.47 Å². The molecule has 80 valence electrons. The van der Waals surface area contributed by atoms with E-state index < -0.39 is 0 Å². The molecular formula is C12H14O3. The first-order valence-electron chi connectivity index (χ1n) is 5.09. The zero-order valence-corrected chi connectivity index (χ0v) is 8.52. The SMILES string of the molecule is O=C1CO[C@H](COCc2ccccc2)C1. The lowest BCUT2D eigenvalue weighted by molar-refractivity contribution is -0.117. The maximum Gasteiger partial charge on any atom is 0.161 e. The predicted octanol–water partition coefficient (Wildman–Crippen LogP) is 1.56. The summed E-state index contributed by atoms with van der Waals surface area (Å²) in [6.45, 7) is 1.33. The van der Waals surface area contributed by atoms with Gasteiger partial charge < -0.3 is 9.47 Å². The van der Waals surface area contributed by atoms with E-state index in [-0.39, 0.29) is 18.5 Å². The zero-order valence-electron chi connectivity index (χ0n) is 8.52. The molecule has 0 aliphatic carbocycles. The van der Waals surface area contributed by atoms with E-state index >= 15 is 0 Å². The van der Waals surface area contributed by atoms with Gasteiger partial charge in [-0.2, -0.15) is 0 Å². The van der Waals surface area contributed by atoms with E-state index in [0.717, 1.165) is 5.56 Å². The Hall–Kier alpha value is -1.19. The molecule has 0 spiro atoms. The fourth-order valence-corrected chi connectivity index (χ4v) is 1.57. The molecule has 0 N–H and O–H groups in total. The van der Waals surface area contributed by atoms with Crippen molar-refractivity contribution < 1.29 is 14.3 Å². The van der Waals surface area contributed by atoms with E-state index in [0.29, 0.717) is 19.6 Å². The lowest BCUT2D eigenvalue weighted by atomic mass is 10.2. The van der Waals surface area contributed by atoms with Gasteiger partial charge in [-0.15, -0.1) is 0 Å². The second-order valence-electron chi connectivity index (χ2n) is 3.68. The Bertz CT molecular complexity index is 321. The summed E-state index contributed by atoms with van der Waals surface area (Å²) in [4.78, 5) is 10.9. The number of carbonyl (C=O) groups excluding carboxylic acids is 1. The number of benzene rings is 1. The summed E-state index contributed by atoms with van der Waals surface area (Å²) < 4.78 is 10.7. The van der Waals surface area contributed by atoms with Crippen LogP contribution in [-0.4, -0.2) is 25.1 Å². The van der Waals surface area contributed by atoms with Gasteiger partial charge in [0.15, 0.2) is 5.78 Å². The maximum absolute atomic E-state index is 10.9. The summed E-state index contributed by atoms with van der Waals surface area (Å²) in [6.07, 6.45) is 0.454. The van der Waals surface area contributed by atoms with Gasteiger partial charge in [0, 0.05) is 6.42 Å². The average Bonchev–Trinajstić information content (AvgIpc) is 2.66. The quantitative estimate of drug-likeness (QED) is 0.750. The summed E-state index contributed by atoms with van der Waals surface area (Å²) in [7, 11) is 0. The van der Waals surface area contributed by atoms with E-state index in [9.17, 15) is 4.79 Å². The molecule has 1 aliphatic rings. The molecule has 0 radical (unpaired) electrons. The smallest absolute Gasteiger partial charge is 0.161 e. The van der Waals surface area contributed by atoms with Crippen LogP contribution in [0.3, 0.4) is 0 Å². The topological polar surface area (TPSA) is 35.5 Å². The molecule has 0 saturated carbocycles. The lowest BCUT2D eigenvalue weighted by Gasteiger charge is -2.08. The van der Waals surface area contributed by atoms with Gasteiger partial charge in [0.2, 0.25) is 0 Å². The van der Waals surface area contributed by atoms with Gasteiger partial charge in [-0.1, -0.05) is 30.3 Å². The summed E-state index contributed by atoms with van der Waals surface area (Å²) in [5.41, 5.74) is 1.14. The first-order chi connectivity index (χ1) is 7.34. The van der Waals surface area contributed by atoms with Gasteiger partial charge in [-0.05, 0) is 5.56 Å². The molecule has 1 saturated heterocycles. The van der Waals surface area contributed by atoms with Crippen molar-refractivity contribution in [3.63, 3.8) is 0 Å². The molecule has 1 aliphatic heterocycles. The highest BCUT2D eigenvalue weighted by Gasteiger charge is 2.22. The van der Waals surface area contributed by atoms with Crippen LogP contribution in [0.15, 0.2) is 30.3 Å². The van der Waals surface area contributed by atoms with Crippen LogP contribution in [0.4, 0.5) is 0 Å². The van der Waals surface area contributed by atoms with Gasteiger partial charge >= 0.3 is 0 Å². The number of hydrogen-bond donors (Lipinski definition) is 0. The first-order valence-corrected chi connectivity index (χ1v) is 5.09. The molecule has 3 heteroatoms. The standard InChI is InChI=1S/C12H14O3/c13-11-6-12(15-8-11)9-14-7-10-4-2-1-3-5-10/h1-5,12H,6-9H2/t12-/m0/s1. The highest BCUT2D eigenvalue weighted by Crippen LogP contribution is 2.10. The van der Waals surface area contributed by atoms with Crippen molar-refractivity contribution in [3.8, 4) is 0 Å². The Morgan fingerprint density at radius 3 is 2.80 bits per heavy atom. The third kappa shape index (κ3) is 3.15. The largest absolute Gasteiger partial charge is 0.374 e. The minimum Gasteiger partial charge on any atom is -0.374 e. The Morgan fingerprint density at radius 1 is 1.33 bits per heavy atom. The number of carbonyl (C=O) groups is 1. The third-order valence-electron chi connectivity index (χ3n) is 2.35. The summed E-state index contributed by atoms with van der Waals surface area (Å²) in [5.74, 6) is 0.170. The van der Waals surface area contributed by atoms with Crippen molar-refractivity contribution in [2.24, 2.45) is 0 Å². The van der Waals surface area contributed by atoms with Crippen LogP contribution in [0.1, 0.15) is 12.0 Å². The van der Waals surface area contributed by atoms with Crippen LogP contribution in [0.2, 0.25) is 0 Å². The minimum absolute atomic E-state index is 0.0405. The second kappa shape index (κ2) is 5.05. The molecule has 1 fully saturated rings. The zero-order chi connectivity index (χ0) is 10.5. The van der Waals surface area contributed by atoms with Crippen LogP contribution in [0.25, 0.3) is 0 Å². The lowest BCUT2D eigenvalue weighted by Crippen LogP contribution is -2.14. The first kappa shape index (κ1) is 10.3. The van der Waals surface area contributed by atoms with Gasteiger partial charge in [-0.25, -0.2) is 0 Å². The number of hydrogen-bond acceptors (Lipinski definition) is 3. The van der Waals surface area contributed by atoms with Crippen molar-refractivity contribution in [1.82, 2.24) is 0 Å². The van der Waals surface area contributed by atoms with Crippen molar-refractivity contribution in [2.75, 3.05) is 13.2 Å². The minimum atomic E-state index is -0.0405. The van der Waals surface area contributed by atoms with Gasteiger partial charge in [-0.3, -0.25) is 4.79 Å². The Morgan fingerprint density at radius 2 is 2.13 bits per heavy atom. The summed E-state index contributed by atoms with van der Waals surface area (Å²) in [5, 5.41) is 0. The Kier molecular flexibility index (Phi) is 3.48.